The normalized spacial score (nSPS) is 10.1. The van der Waals surface area contributed by atoms with Crippen molar-refractivity contribution in [1.82, 2.24) is 10.6 Å². The molecular formula is C19H14N2O4. The highest BCUT2D eigenvalue weighted by Gasteiger charge is 2.17. The molecule has 3 aromatic rings. The first kappa shape index (κ1) is 16.2. The molecule has 0 aliphatic carbocycles. The average molecular weight is 334 g/mol. The Morgan fingerprint density at radius 1 is 0.680 bits per heavy atom. The van der Waals surface area contributed by atoms with Gasteiger partial charge in [0.25, 0.3) is 11.8 Å². The number of carbonyl (C=O) groups is 3. The topological polar surface area (TPSA) is 88.4 Å². The van der Waals surface area contributed by atoms with E-state index in [1.165, 1.54) is 6.07 Å². The second-order valence-corrected chi connectivity index (χ2v) is 5.13. The van der Waals surface area contributed by atoms with Gasteiger partial charge in [0.2, 0.25) is 0 Å². The monoisotopic (exact) mass is 334 g/mol. The molecule has 0 bridgehead atoms. The summed E-state index contributed by atoms with van der Waals surface area (Å²) in [6, 6.07) is 19.6. The average Bonchev–Trinajstić information content (AvgIpc) is 3.13. The lowest BCUT2D eigenvalue weighted by Gasteiger charge is -2.04. The van der Waals surface area contributed by atoms with Crippen LogP contribution in [0.3, 0.4) is 0 Å². The molecule has 0 saturated heterocycles. The third-order valence-corrected chi connectivity index (χ3v) is 3.38. The fourth-order valence-corrected chi connectivity index (χ4v) is 2.18. The molecule has 6 nitrogen and oxygen atoms in total. The summed E-state index contributed by atoms with van der Waals surface area (Å²) in [5, 5.41) is 4.14. The van der Waals surface area contributed by atoms with Crippen LogP contribution in [-0.4, -0.2) is 17.8 Å². The van der Waals surface area contributed by atoms with Gasteiger partial charge < -0.3 is 4.42 Å². The maximum Gasteiger partial charge on any atom is 0.328 e. The third-order valence-electron chi connectivity index (χ3n) is 3.38. The summed E-state index contributed by atoms with van der Waals surface area (Å²) >= 11 is 0. The standard InChI is InChI=1S/C19H14N2O4/c22-17(14-9-5-2-6-10-14)20-19(24)21-18(23)16-12-11-15(25-16)13-7-3-1-4-8-13/h1-12H,(H2,20,21,22,23,24). The van der Waals surface area contributed by atoms with Crippen LogP contribution in [0.5, 0.6) is 0 Å². The van der Waals surface area contributed by atoms with Crippen LogP contribution in [-0.2, 0) is 0 Å². The zero-order valence-corrected chi connectivity index (χ0v) is 13.1. The molecule has 124 valence electrons. The Bertz CT molecular complexity index is 901. The Kier molecular flexibility index (Phi) is 4.71. The van der Waals surface area contributed by atoms with Gasteiger partial charge in [0.1, 0.15) is 5.76 Å². The lowest BCUT2D eigenvalue weighted by atomic mass is 10.2. The first-order valence-corrected chi connectivity index (χ1v) is 7.50. The molecule has 3 rings (SSSR count). The van der Waals surface area contributed by atoms with Crippen molar-refractivity contribution in [3.8, 4) is 11.3 Å². The van der Waals surface area contributed by atoms with Gasteiger partial charge in [-0.3, -0.25) is 20.2 Å². The van der Waals surface area contributed by atoms with Gasteiger partial charge in [-0.1, -0.05) is 48.5 Å². The van der Waals surface area contributed by atoms with Crippen molar-refractivity contribution in [2.24, 2.45) is 0 Å². The molecule has 0 atom stereocenters. The van der Waals surface area contributed by atoms with E-state index in [0.717, 1.165) is 5.56 Å². The second kappa shape index (κ2) is 7.27. The number of urea groups is 1. The zero-order chi connectivity index (χ0) is 17.6. The first-order valence-electron chi connectivity index (χ1n) is 7.50. The summed E-state index contributed by atoms with van der Waals surface area (Å²) in [5.41, 5.74) is 1.12. The molecule has 0 aliphatic rings. The molecular weight excluding hydrogens is 320 g/mol. The maximum absolute atomic E-state index is 12.0. The van der Waals surface area contributed by atoms with Gasteiger partial charge in [0.05, 0.1) is 0 Å². The zero-order valence-electron chi connectivity index (χ0n) is 13.1. The van der Waals surface area contributed by atoms with Crippen molar-refractivity contribution in [3.63, 3.8) is 0 Å². The van der Waals surface area contributed by atoms with E-state index in [1.54, 1.807) is 36.4 Å². The summed E-state index contributed by atoms with van der Waals surface area (Å²) in [4.78, 5) is 35.7. The highest BCUT2D eigenvalue weighted by molar-refractivity contribution is 6.10. The number of rotatable bonds is 3. The maximum atomic E-state index is 12.0. The summed E-state index contributed by atoms with van der Waals surface area (Å²) in [6.45, 7) is 0. The molecule has 0 aliphatic heterocycles. The second-order valence-electron chi connectivity index (χ2n) is 5.13. The Morgan fingerprint density at radius 2 is 1.28 bits per heavy atom. The van der Waals surface area contributed by atoms with Gasteiger partial charge in [0.15, 0.2) is 5.76 Å². The van der Waals surface area contributed by atoms with E-state index in [2.05, 4.69) is 10.6 Å². The summed E-state index contributed by atoms with van der Waals surface area (Å²) in [5.74, 6) is -0.858. The van der Waals surface area contributed by atoms with E-state index in [1.807, 2.05) is 30.3 Å². The Hall–Kier alpha value is -3.67. The predicted octanol–water partition coefficient (Wildman–Crippen LogP) is 3.23. The molecule has 0 unspecified atom stereocenters. The number of benzene rings is 2. The SMILES string of the molecule is O=C(NC(=O)c1ccccc1)NC(=O)c1ccc(-c2ccccc2)o1. The molecule has 1 heterocycles. The van der Waals surface area contributed by atoms with Crippen LogP contribution in [0.2, 0.25) is 0 Å². The van der Waals surface area contributed by atoms with Gasteiger partial charge in [-0.25, -0.2) is 4.79 Å². The minimum absolute atomic E-state index is 0.0267. The minimum atomic E-state index is -0.920. The van der Waals surface area contributed by atoms with E-state index in [0.29, 0.717) is 11.3 Å². The van der Waals surface area contributed by atoms with Gasteiger partial charge in [0, 0.05) is 11.1 Å². The van der Waals surface area contributed by atoms with Crippen LogP contribution in [0.15, 0.2) is 77.2 Å². The van der Waals surface area contributed by atoms with Crippen molar-refractivity contribution in [2.45, 2.75) is 0 Å². The van der Waals surface area contributed by atoms with E-state index in [9.17, 15) is 14.4 Å². The molecule has 0 spiro atoms. The number of carbonyl (C=O) groups excluding carboxylic acids is 3. The highest BCUT2D eigenvalue weighted by Crippen LogP contribution is 2.21. The lowest BCUT2D eigenvalue weighted by Crippen LogP contribution is -2.42. The predicted molar refractivity (Wildman–Crippen MR) is 90.9 cm³/mol. The number of hydrogen-bond donors (Lipinski definition) is 2. The first-order chi connectivity index (χ1) is 12.1. The Morgan fingerprint density at radius 3 is 1.96 bits per heavy atom. The van der Waals surface area contributed by atoms with Gasteiger partial charge >= 0.3 is 6.03 Å². The molecule has 2 N–H and O–H groups in total. The molecule has 6 heteroatoms. The molecule has 0 radical (unpaired) electrons. The molecule has 1 aromatic heterocycles. The summed E-state index contributed by atoms with van der Waals surface area (Å²) in [7, 11) is 0. The quantitative estimate of drug-likeness (QED) is 0.770. The summed E-state index contributed by atoms with van der Waals surface area (Å²) in [6.07, 6.45) is 0. The van der Waals surface area contributed by atoms with Gasteiger partial charge in [-0.15, -0.1) is 0 Å². The number of hydrogen-bond acceptors (Lipinski definition) is 4. The van der Waals surface area contributed by atoms with E-state index >= 15 is 0 Å². The van der Waals surface area contributed by atoms with Crippen LogP contribution in [0.25, 0.3) is 11.3 Å². The largest absolute Gasteiger partial charge is 0.451 e. The van der Waals surface area contributed by atoms with E-state index in [-0.39, 0.29) is 5.76 Å². The van der Waals surface area contributed by atoms with E-state index < -0.39 is 17.8 Å². The fraction of sp³-hybridized carbons (Fsp3) is 0. The molecule has 0 saturated carbocycles. The van der Waals surface area contributed by atoms with Crippen LogP contribution < -0.4 is 10.6 Å². The minimum Gasteiger partial charge on any atom is -0.451 e. The number of furan rings is 1. The number of amides is 4. The van der Waals surface area contributed by atoms with Crippen LogP contribution in [0.1, 0.15) is 20.9 Å². The van der Waals surface area contributed by atoms with Crippen molar-refractivity contribution >= 4 is 17.8 Å². The van der Waals surface area contributed by atoms with Crippen molar-refractivity contribution < 1.29 is 18.8 Å². The summed E-state index contributed by atoms with van der Waals surface area (Å²) < 4.78 is 5.45. The Labute approximate surface area is 143 Å². The Balaban J connectivity index is 1.62. The van der Waals surface area contributed by atoms with Crippen LogP contribution >= 0.6 is 0 Å². The number of imide groups is 2. The fourth-order valence-electron chi connectivity index (χ4n) is 2.18. The van der Waals surface area contributed by atoms with Gasteiger partial charge in [-0.2, -0.15) is 0 Å². The van der Waals surface area contributed by atoms with Gasteiger partial charge in [-0.05, 0) is 24.3 Å². The molecule has 0 fully saturated rings. The van der Waals surface area contributed by atoms with E-state index in [4.69, 9.17) is 4.42 Å². The molecule has 4 amide bonds. The third kappa shape index (κ3) is 4.00. The molecule has 25 heavy (non-hydrogen) atoms. The van der Waals surface area contributed by atoms with Crippen LogP contribution in [0.4, 0.5) is 4.79 Å². The van der Waals surface area contributed by atoms with Crippen molar-refractivity contribution in [3.05, 3.63) is 84.1 Å². The highest BCUT2D eigenvalue weighted by atomic mass is 16.4. The van der Waals surface area contributed by atoms with Crippen molar-refractivity contribution in [2.75, 3.05) is 0 Å². The van der Waals surface area contributed by atoms with Crippen LogP contribution in [0, 0.1) is 0 Å². The smallest absolute Gasteiger partial charge is 0.328 e. The lowest BCUT2D eigenvalue weighted by molar-refractivity contribution is 0.0927. The van der Waals surface area contributed by atoms with Crippen molar-refractivity contribution in [1.29, 1.82) is 0 Å². The molecule has 2 aromatic carbocycles. The number of nitrogens with one attached hydrogen (secondary N) is 2.